The maximum Gasteiger partial charge on any atom is -0.00206 e. The van der Waals surface area contributed by atoms with Crippen LogP contribution in [0.15, 0.2) is 0 Å². The predicted molar refractivity (Wildman–Crippen MR) is 135 cm³/mol. The summed E-state index contributed by atoms with van der Waals surface area (Å²) < 4.78 is 0. The van der Waals surface area contributed by atoms with Gasteiger partial charge >= 0.3 is 0 Å². The molecule has 0 bridgehead atoms. The van der Waals surface area contributed by atoms with E-state index < -0.39 is 0 Å². The van der Waals surface area contributed by atoms with Crippen LogP contribution >= 0.6 is 0 Å². The summed E-state index contributed by atoms with van der Waals surface area (Å²) in [6.07, 6.45) is 28.8. The van der Waals surface area contributed by atoms with Crippen LogP contribution in [0.2, 0.25) is 0 Å². The van der Waals surface area contributed by atoms with Gasteiger partial charge in [0.2, 0.25) is 0 Å². The first-order valence-corrected chi connectivity index (χ1v) is 13.9. The van der Waals surface area contributed by atoms with Gasteiger partial charge in [-0.2, -0.15) is 0 Å². The maximum absolute atomic E-state index is 3.70. The van der Waals surface area contributed by atoms with Gasteiger partial charge in [-0.3, -0.25) is 0 Å². The second kappa shape index (κ2) is 24.2. The van der Waals surface area contributed by atoms with Gasteiger partial charge < -0.3 is 5.32 Å². The summed E-state index contributed by atoms with van der Waals surface area (Å²) in [5.41, 5.74) is 0. The Morgan fingerprint density at radius 2 is 0.966 bits per heavy atom. The first kappa shape index (κ1) is 29.0. The number of hydrogen-bond donors (Lipinski definition) is 1. The molecule has 1 N–H and O–H groups in total. The Morgan fingerprint density at radius 1 is 0.517 bits per heavy atom. The van der Waals surface area contributed by atoms with E-state index in [2.05, 4.69) is 33.0 Å². The first-order valence-electron chi connectivity index (χ1n) is 13.9. The summed E-state index contributed by atoms with van der Waals surface area (Å²) in [6.45, 7) is 11.8. The molecule has 0 rings (SSSR count). The second-order valence-corrected chi connectivity index (χ2v) is 10.1. The fourth-order valence-electron chi connectivity index (χ4n) is 4.35. The van der Waals surface area contributed by atoms with E-state index in [9.17, 15) is 0 Å². The van der Waals surface area contributed by atoms with Gasteiger partial charge in [0.1, 0.15) is 0 Å². The van der Waals surface area contributed by atoms with Gasteiger partial charge in [-0.1, -0.05) is 143 Å². The summed E-state index contributed by atoms with van der Waals surface area (Å²) >= 11 is 0. The standard InChI is InChI=1S/C28H59N/c1-5-7-24-28(6-2)26-29-25-22-20-18-16-14-12-10-8-9-11-13-15-17-19-21-23-27(3)4/h27-29H,5-26H2,1-4H3. The van der Waals surface area contributed by atoms with Crippen LogP contribution < -0.4 is 5.32 Å². The quantitative estimate of drug-likeness (QED) is 0.156. The SMILES string of the molecule is CCCCC(CC)CNCCCCCCCCCCCCCCCCCC(C)C. The molecule has 1 unspecified atom stereocenters. The summed E-state index contributed by atoms with van der Waals surface area (Å²) in [5.74, 6) is 1.80. The Labute approximate surface area is 186 Å². The lowest BCUT2D eigenvalue weighted by atomic mass is 9.99. The summed E-state index contributed by atoms with van der Waals surface area (Å²) in [4.78, 5) is 0. The largest absolute Gasteiger partial charge is 0.316 e. The molecule has 176 valence electrons. The molecule has 0 amide bonds. The third kappa shape index (κ3) is 24.1. The average molecular weight is 410 g/mol. The lowest BCUT2D eigenvalue weighted by molar-refractivity contribution is 0.415. The van der Waals surface area contributed by atoms with Crippen LogP contribution in [0.25, 0.3) is 0 Å². The Kier molecular flexibility index (Phi) is 24.2. The van der Waals surface area contributed by atoms with Gasteiger partial charge in [0.25, 0.3) is 0 Å². The van der Waals surface area contributed by atoms with E-state index in [4.69, 9.17) is 0 Å². The highest BCUT2D eigenvalue weighted by atomic mass is 14.8. The summed E-state index contributed by atoms with van der Waals surface area (Å²) in [6, 6.07) is 0. The first-order chi connectivity index (χ1) is 14.2. The van der Waals surface area contributed by atoms with Crippen LogP contribution in [0.1, 0.15) is 156 Å². The molecule has 1 atom stereocenters. The molecular weight excluding hydrogens is 350 g/mol. The minimum absolute atomic E-state index is 0.894. The van der Waals surface area contributed by atoms with Gasteiger partial charge in [-0.25, -0.2) is 0 Å². The van der Waals surface area contributed by atoms with Crippen molar-refractivity contribution in [3.05, 3.63) is 0 Å². The summed E-state index contributed by atoms with van der Waals surface area (Å²) in [5, 5.41) is 3.70. The normalized spacial score (nSPS) is 12.7. The van der Waals surface area contributed by atoms with E-state index in [-0.39, 0.29) is 0 Å². The van der Waals surface area contributed by atoms with E-state index in [1.165, 1.54) is 142 Å². The Morgan fingerprint density at radius 3 is 1.38 bits per heavy atom. The minimum atomic E-state index is 0.894. The molecule has 0 spiro atoms. The van der Waals surface area contributed by atoms with Crippen molar-refractivity contribution in [2.45, 2.75) is 156 Å². The molecule has 1 heteroatoms. The lowest BCUT2D eigenvalue weighted by Crippen LogP contribution is -2.23. The second-order valence-electron chi connectivity index (χ2n) is 10.1. The van der Waals surface area contributed by atoms with Gasteiger partial charge in [0, 0.05) is 0 Å². The molecule has 0 aromatic rings. The molecule has 0 aliphatic carbocycles. The zero-order valence-electron chi connectivity index (χ0n) is 21.2. The minimum Gasteiger partial charge on any atom is -0.316 e. The molecule has 29 heavy (non-hydrogen) atoms. The lowest BCUT2D eigenvalue weighted by Gasteiger charge is -2.15. The number of unbranched alkanes of at least 4 members (excludes halogenated alkanes) is 15. The predicted octanol–water partition coefficient (Wildman–Crippen LogP) is 9.69. The molecule has 0 saturated carbocycles. The molecule has 0 saturated heterocycles. The van der Waals surface area contributed by atoms with Crippen molar-refractivity contribution < 1.29 is 0 Å². The molecule has 0 radical (unpaired) electrons. The van der Waals surface area contributed by atoms with E-state index in [1.807, 2.05) is 0 Å². The smallest absolute Gasteiger partial charge is 0.00206 e. The van der Waals surface area contributed by atoms with Crippen LogP contribution in [-0.2, 0) is 0 Å². The Hall–Kier alpha value is -0.0400. The highest BCUT2D eigenvalue weighted by Gasteiger charge is 2.04. The molecule has 0 aromatic heterocycles. The van der Waals surface area contributed by atoms with E-state index in [0.29, 0.717) is 0 Å². The maximum atomic E-state index is 3.70. The van der Waals surface area contributed by atoms with Crippen molar-refractivity contribution in [1.29, 1.82) is 0 Å². The van der Waals surface area contributed by atoms with Gasteiger partial charge in [0.05, 0.1) is 0 Å². The third-order valence-electron chi connectivity index (χ3n) is 6.61. The van der Waals surface area contributed by atoms with Gasteiger partial charge in [-0.05, 0) is 37.8 Å². The van der Waals surface area contributed by atoms with Gasteiger partial charge in [-0.15, -0.1) is 0 Å². The van der Waals surface area contributed by atoms with Crippen LogP contribution in [0.5, 0.6) is 0 Å². The number of nitrogens with one attached hydrogen (secondary N) is 1. The molecule has 1 nitrogen and oxygen atoms in total. The molecule has 0 aliphatic rings. The van der Waals surface area contributed by atoms with Crippen molar-refractivity contribution in [2.75, 3.05) is 13.1 Å². The van der Waals surface area contributed by atoms with E-state index in [1.54, 1.807) is 0 Å². The molecule has 0 aliphatic heterocycles. The van der Waals surface area contributed by atoms with Crippen molar-refractivity contribution in [1.82, 2.24) is 5.32 Å². The third-order valence-corrected chi connectivity index (χ3v) is 6.61. The molecular formula is C28H59N. The van der Waals surface area contributed by atoms with Crippen molar-refractivity contribution >= 4 is 0 Å². The molecule has 0 fully saturated rings. The topological polar surface area (TPSA) is 12.0 Å². The zero-order valence-corrected chi connectivity index (χ0v) is 21.2. The average Bonchev–Trinajstić information content (AvgIpc) is 2.71. The highest BCUT2D eigenvalue weighted by molar-refractivity contribution is 4.61. The van der Waals surface area contributed by atoms with E-state index >= 15 is 0 Å². The van der Waals surface area contributed by atoms with Crippen LogP contribution in [0, 0.1) is 11.8 Å². The monoisotopic (exact) mass is 409 g/mol. The Balaban J connectivity index is 3.11. The van der Waals surface area contributed by atoms with E-state index in [0.717, 1.165) is 11.8 Å². The van der Waals surface area contributed by atoms with Crippen molar-refractivity contribution in [2.24, 2.45) is 11.8 Å². The van der Waals surface area contributed by atoms with Crippen LogP contribution in [0.3, 0.4) is 0 Å². The fraction of sp³-hybridized carbons (Fsp3) is 1.00. The number of rotatable bonds is 24. The Bertz CT molecular complexity index is 286. The fourth-order valence-corrected chi connectivity index (χ4v) is 4.35. The summed E-state index contributed by atoms with van der Waals surface area (Å²) in [7, 11) is 0. The number of hydrogen-bond acceptors (Lipinski definition) is 1. The molecule has 0 aromatic carbocycles. The zero-order chi connectivity index (χ0) is 21.4. The molecule has 0 heterocycles. The van der Waals surface area contributed by atoms with Gasteiger partial charge in [0.15, 0.2) is 0 Å². The van der Waals surface area contributed by atoms with Crippen LogP contribution in [-0.4, -0.2) is 13.1 Å². The van der Waals surface area contributed by atoms with Crippen molar-refractivity contribution in [3.8, 4) is 0 Å². The highest BCUT2D eigenvalue weighted by Crippen LogP contribution is 2.15. The van der Waals surface area contributed by atoms with Crippen LogP contribution in [0.4, 0.5) is 0 Å². The van der Waals surface area contributed by atoms with Crippen molar-refractivity contribution in [3.63, 3.8) is 0 Å².